The summed E-state index contributed by atoms with van der Waals surface area (Å²) in [6.45, 7) is 2.00. The number of aromatic nitrogens is 2. The Morgan fingerprint density at radius 3 is 2.68 bits per heavy atom. The van der Waals surface area contributed by atoms with Crippen LogP contribution in [0.25, 0.3) is 16.9 Å². The quantitative estimate of drug-likeness (QED) is 0.730. The van der Waals surface area contributed by atoms with Gasteiger partial charge in [0.2, 0.25) is 0 Å². The Morgan fingerprint density at radius 1 is 1.21 bits per heavy atom. The average molecular weight is 292 g/mol. The summed E-state index contributed by atoms with van der Waals surface area (Å²) in [6.07, 6.45) is 1.89. The number of imidazole rings is 1. The fraction of sp³-hybridized carbons (Fsp3) is 0.0714. The number of nitrogen functional groups attached to an aromatic ring is 1. The Balaban J connectivity index is 2.31. The van der Waals surface area contributed by atoms with Gasteiger partial charge in [0.25, 0.3) is 0 Å². The van der Waals surface area contributed by atoms with Crippen LogP contribution in [-0.2, 0) is 0 Å². The van der Waals surface area contributed by atoms with E-state index in [-0.39, 0.29) is 0 Å². The number of hydrogen-bond acceptors (Lipinski definition) is 2. The molecule has 2 N–H and O–H groups in total. The molecule has 0 radical (unpaired) electrons. The molecule has 0 fully saturated rings. The number of nitrogens with two attached hydrogens (primary N) is 1. The van der Waals surface area contributed by atoms with Crippen LogP contribution in [0.1, 0.15) is 5.56 Å². The molecule has 1 aromatic carbocycles. The number of pyridine rings is 1. The molecule has 0 saturated heterocycles. The van der Waals surface area contributed by atoms with E-state index in [9.17, 15) is 0 Å². The number of rotatable bonds is 1. The van der Waals surface area contributed by atoms with Crippen LogP contribution in [0.5, 0.6) is 0 Å². The molecule has 3 nitrogen and oxygen atoms in total. The molecule has 3 rings (SSSR count). The lowest BCUT2D eigenvalue weighted by Crippen LogP contribution is -1.94. The van der Waals surface area contributed by atoms with E-state index >= 15 is 0 Å². The van der Waals surface area contributed by atoms with E-state index in [1.807, 2.05) is 35.7 Å². The second-order valence-electron chi connectivity index (χ2n) is 4.35. The minimum atomic E-state index is 0.542. The molecule has 0 amide bonds. The van der Waals surface area contributed by atoms with Gasteiger partial charge in [-0.15, -0.1) is 0 Å². The lowest BCUT2D eigenvalue weighted by Gasteiger charge is -2.02. The Bertz CT molecular complexity index is 778. The zero-order valence-corrected chi connectivity index (χ0v) is 11.7. The topological polar surface area (TPSA) is 43.3 Å². The van der Waals surface area contributed by atoms with Gasteiger partial charge in [0, 0.05) is 16.8 Å². The third kappa shape index (κ3) is 1.95. The molecule has 0 saturated carbocycles. The fourth-order valence-electron chi connectivity index (χ4n) is 2.10. The van der Waals surface area contributed by atoms with E-state index in [4.69, 9.17) is 28.9 Å². The summed E-state index contributed by atoms with van der Waals surface area (Å²) >= 11 is 12.1. The Kier molecular flexibility index (Phi) is 2.88. The molecule has 0 bridgehead atoms. The molecule has 5 heteroatoms. The molecule has 0 atom stereocenters. The van der Waals surface area contributed by atoms with E-state index in [1.54, 1.807) is 12.1 Å². The molecule has 96 valence electrons. The van der Waals surface area contributed by atoms with Crippen LogP contribution in [0.3, 0.4) is 0 Å². The largest absolute Gasteiger partial charge is 0.383 e. The minimum Gasteiger partial charge on any atom is -0.383 e. The first-order chi connectivity index (χ1) is 9.08. The number of aryl methyl sites for hydroxylation is 1. The normalized spacial score (nSPS) is 11.1. The van der Waals surface area contributed by atoms with Gasteiger partial charge in [0.1, 0.15) is 17.2 Å². The van der Waals surface area contributed by atoms with Gasteiger partial charge in [0.05, 0.1) is 5.02 Å². The summed E-state index contributed by atoms with van der Waals surface area (Å²) in [7, 11) is 0. The summed E-state index contributed by atoms with van der Waals surface area (Å²) in [5, 5.41) is 1.13. The second-order valence-corrected chi connectivity index (χ2v) is 5.20. The highest BCUT2D eigenvalue weighted by Crippen LogP contribution is 2.34. The molecule has 0 unspecified atom stereocenters. The van der Waals surface area contributed by atoms with E-state index < -0.39 is 0 Å². The lowest BCUT2D eigenvalue weighted by molar-refractivity contribution is 1.17. The molecule has 0 aliphatic carbocycles. The number of benzene rings is 1. The SMILES string of the molecule is Cc1cccn2c(N)c(-c3ccc(Cl)cc3Cl)nc12. The molecule has 2 aromatic heterocycles. The molecule has 0 aliphatic heterocycles. The highest BCUT2D eigenvalue weighted by atomic mass is 35.5. The fourth-order valence-corrected chi connectivity index (χ4v) is 2.60. The first-order valence-electron chi connectivity index (χ1n) is 5.76. The Morgan fingerprint density at radius 2 is 2.00 bits per heavy atom. The maximum absolute atomic E-state index is 6.21. The van der Waals surface area contributed by atoms with Crippen molar-refractivity contribution in [3.8, 4) is 11.3 Å². The van der Waals surface area contributed by atoms with Gasteiger partial charge < -0.3 is 5.73 Å². The number of fused-ring (bicyclic) bond motifs is 1. The van der Waals surface area contributed by atoms with E-state index in [0.29, 0.717) is 21.6 Å². The monoisotopic (exact) mass is 291 g/mol. The highest BCUT2D eigenvalue weighted by Gasteiger charge is 2.15. The van der Waals surface area contributed by atoms with Gasteiger partial charge in [0.15, 0.2) is 0 Å². The third-order valence-corrected chi connectivity index (χ3v) is 3.62. The maximum atomic E-state index is 6.21. The smallest absolute Gasteiger partial charge is 0.142 e. The van der Waals surface area contributed by atoms with Crippen LogP contribution in [0, 0.1) is 6.92 Å². The average Bonchev–Trinajstić information content (AvgIpc) is 2.69. The highest BCUT2D eigenvalue weighted by molar-refractivity contribution is 6.36. The molecule has 2 heterocycles. The van der Waals surface area contributed by atoms with Gasteiger partial charge in [-0.2, -0.15) is 0 Å². The zero-order valence-electron chi connectivity index (χ0n) is 10.2. The van der Waals surface area contributed by atoms with Crippen molar-refractivity contribution in [2.45, 2.75) is 6.92 Å². The van der Waals surface area contributed by atoms with Crippen molar-refractivity contribution in [2.24, 2.45) is 0 Å². The van der Waals surface area contributed by atoms with Crippen LogP contribution in [0.2, 0.25) is 10.0 Å². The summed E-state index contributed by atoms with van der Waals surface area (Å²) in [5.41, 5.74) is 9.51. The molecular weight excluding hydrogens is 281 g/mol. The first kappa shape index (κ1) is 12.3. The summed E-state index contributed by atoms with van der Waals surface area (Å²) in [5.74, 6) is 0.572. The molecular formula is C14H11Cl2N3. The van der Waals surface area contributed by atoms with Crippen molar-refractivity contribution in [1.82, 2.24) is 9.38 Å². The Labute approximate surface area is 120 Å². The summed E-state index contributed by atoms with van der Waals surface area (Å²) < 4.78 is 1.86. The predicted molar refractivity (Wildman–Crippen MR) is 79.8 cm³/mol. The number of anilines is 1. The van der Waals surface area contributed by atoms with E-state index in [2.05, 4.69) is 4.98 Å². The molecule has 0 aliphatic rings. The van der Waals surface area contributed by atoms with Crippen molar-refractivity contribution in [2.75, 3.05) is 5.73 Å². The van der Waals surface area contributed by atoms with Crippen LogP contribution in [0.4, 0.5) is 5.82 Å². The third-order valence-electron chi connectivity index (χ3n) is 3.07. The number of halogens is 2. The minimum absolute atomic E-state index is 0.542. The van der Waals surface area contributed by atoms with Crippen LogP contribution in [0.15, 0.2) is 36.5 Å². The number of hydrogen-bond donors (Lipinski definition) is 1. The second kappa shape index (κ2) is 4.44. The molecule has 19 heavy (non-hydrogen) atoms. The van der Waals surface area contributed by atoms with Crippen molar-refractivity contribution in [1.29, 1.82) is 0 Å². The first-order valence-corrected chi connectivity index (χ1v) is 6.52. The maximum Gasteiger partial charge on any atom is 0.142 e. The van der Waals surface area contributed by atoms with Gasteiger partial charge in [-0.3, -0.25) is 4.40 Å². The number of nitrogens with zero attached hydrogens (tertiary/aromatic N) is 2. The lowest BCUT2D eigenvalue weighted by atomic mass is 10.1. The molecule has 3 aromatic rings. The predicted octanol–water partition coefficient (Wildman–Crippen LogP) is 4.20. The van der Waals surface area contributed by atoms with E-state index in [0.717, 1.165) is 16.8 Å². The van der Waals surface area contributed by atoms with Gasteiger partial charge in [-0.1, -0.05) is 29.3 Å². The standard InChI is InChI=1S/C14H11Cl2N3/c1-8-3-2-6-19-13(17)12(18-14(8)19)10-5-4-9(15)7-11(10)16/h2-7H,17H2,1H3. The van der Waals surface area contributed by atoms with Gasteiger partial charge >= 0.3 is 0 Å². The van der Waals surface area contributed by atoms with Crippen LogP contribution < -0.4 is 5.73 Å². The van der Waals surface area contributed by atoms with E-state index in [1.165, 1.54) is 0 Å². The van der Waals surface area contributed by atoms with Crippen molar-refractivity contribution >= 4 is 34.7 Å². The Hall–Kier alpha value is -1.71. The summed E-state index contributed by atoms with van der Waals surface area (Å²) in [6, 6.07) is 9.23. The summed E-state index contributed by atoms with van der Waals surface area (Å²) in [4.78, 5) is 4.58. The van der Waals surface area contributed by atoms with Gasteiger partial charge in [-0.25, -0.2) is 4.98 Å². The zero-order chi connectivity index (χ0) is 13.6. The van der Waals surface area contributed by atoms with Gasteiger partial charge in [-0.05, 0) is 36.8 Å². The molecule has 0 spiro atoms. The van der Waals surface area contributed by atoms with Crippen LogP contribution >= 0.6 is 23.2 Å². The van der Waals surface area contributed by atoms with Crippen molar-refractivity contribution in [3.05, 3.63) is 52.1 Å². The van der Waals surface area contributed by atoms with Crippen molar-refractivity contribution < 1.29 is 0 Å². The van der Waals surface area contributed by atoms with Crippen molar-refractivity contribution in [3.63, 3.8) is 0 Å². The van der Waals surface area contributed by atoms with Crippen LogP contribution in [-0.4, -0.2) is 9.38 Å².